The van der Waals surface area contributed by atoms with Crippen molar-refractivity contribution in [3.8, 4) is 28.3 Å². The molecular weight excluding hydrogens is 659 g/mol. The monoisotopic (exact) mass is 711 g/mol. The van der Waals surface area contributed by atoms with Crippen molar-refractivity contribution < 1.29 is 19.4 Å². The zero-order chi connectivity index (χ0) is 36.7. The third kappa shape index (κ3) is 7.02. The number of carbonyl (C=O) groups is 1. The minimum Gasteiger partial charge on any atom is -0.482 e. The van der Waals surface area contributed by atoms with E-state index in [1.54, 1.807) is 11.1 Å². The molecule has 1 N–H and O–H groups in total. The Kier molecular flexibility index (Phi) is 9.67. The maximum absolute atomic E-state index is 11.3. The molecule has 7 heteroatoms. The van der Waals surface area contributed by atoms with Gasteiger partial charge in [-0.2, -0.15) is 0 Å². The van der Waals surface area contributed by atoms with Crippen molar-refractivity contribution >= 4 is 17.0 Å². The second-order valence-electron chi connectivity index (χ2n) is 16.6. The first-order chi connectivity index (χ1) is 25.6. The van der Waals surface area contributed by atoms with Crippen LogP contribution in [0.3, 0.4) is 0 Å². The van der Waals surface area contributed by atoms with Gasteiger partial charge in [-0.1, -0.05) is 88.7 Å². The lowest BCUT2D eigenvalue weighted by atomic mass is 9.49. The maximum atomic E-state index is 11.3. The van der Waals surface area contributed by atoms with Crippen molar-refractivity contribution in [1.82, 2.24) is 14.5 Å². The standard InChI is InChI=1S/C46H53N3O4/c1-31(2)33-12-15-39-36(25-33)14-17-42-45(3,18-7-19-46(39,42)4)30-49-41-16-13-35(34-9-5-8-32(24-34)28-48-20-22-52-23-21-48)27-40(41)47-44(49)37-10-6-11-38(26-37)53-29-43(50)51/h5-6,8-13,15-16,24-27,31,42H,7,14,17-23,28-30H2,1-4H3,(H,50,51)/t42-,45+,46+/m0/s1. The molecule has 1 aromatic heterocycles. The topological polar surface area (TPSA) is 76.8 Å². The Hall–Kier alpha value is -4.46. The van der Waals surface area contributed by atoms with Gasteiger partial charge in [0.1, 0.15) is 11.6 Å². The molecule has 3 aliphatic rings. The lowest BCUT2D eigenvalue weighted by molar-refractivity contribution is -0.139. The molecule has 1 aliphatic heterocycles. The summed E-state index contributed by atoms with van der Waals surface area (Å²) in [6.45, 7) is 14.5. The van der Waals surface area contributed by atoms with Crippen molar-refractivity contribution in [2.45, 2.75) is 84.2 Å². The third-order valence-corrected chi connectivity index (χ3v) is 12.7. The Morgan fingerprint density at radius 1 is 0.943 bits per heavy atom. The van der Waals surface area contributed by atoms with E-state index in [0.717, 1.165) is 73.8 Å². The van der Waals surface area contributed by atoms with E-state index in [-0.39, 0.29) is 17.4 Å². The van der Waals surface area contributed by atoms with Gasteiger partial charge in [0, 0.05) is 31.7 Å². The summed E-state index contributed by atoms with van der Waals surface area (Å²) in [6.07, 6.45) is 5.89. The first-order valence-electron chi connectivity index (χ1n) is 19.6. The fourth-order valence-electron chi connectivity index (χ4n) is 9.98. The Morgan fingerprint density at radius 3 is 2.55 bits per heavy atom. The summed E-state index contributed by atoms with van der Waals surface area (Å²) in [5, 5.41) is 9.30. The highest BCUT2D eigenvalue weighted by atomic mass is 16.5. The number of aryl methyl sites for hydroxylation is 1. The number of morpholine rings is 1. The van der Waals surface area contributed by atoms with Gasteiger partial charge in [0.25, 0.3) is 0 Å². The first-order valence-corrected chi connectivity index (χ1v) is 19.6. The van der Waals surface area contributed by atoms with Crippen molar-refractivity contribution in [3.05, 3.63) is 107 Å². The van der Waals surface area contributed by atoms with Crippen LogP contribution in [0.4, 0.5) is 0 Å². The molecule has 8 rings (SSSR count). The number of imidazole rings is 1. The summed E-state index contributed by atoms with van der Waals surface area (Å²) in [6, 6.07) is 30.7. The van der Waals surface area contributed by atoms with Gasteiger partial charge in [-0.15, -0.1) is 0 Å². The molecule has 53 heavy (non-hydrogen) atoms. The lowest BCUT2D eigenvalue weighted by Crippen LogP contribution is -2.50. The van der Waals surface area contributed by atoms with Crippen LogP contribution in [0.15, 0.2) is 84.9 Å². The predicted octanol–water partition coefficient (Wildman–Crippen LogP) is 9.50. The number of aliphatic carboxylic acids is 1. The Labute approximate surface area is 314 Å². The number of nitrogens with zero attached hydrogens (tertiary/aromatic N) is 3. The van der Waals surface area contributed by atoms with Gasteiger partial charge >= 0.3 is 5.97 Å². The van der Waals surface area contributed by atoms with Gasteiger partial charge in [-0.05, 0) is 112 Å². The molecule has 2 fully saturated rings. The van der Waals surface area contributed by atoms with E-state index in [1.165, 1.54) is 42.4 Å². The normalized spacial score (nSPS) is 23.2. The van der Waals surface area contributed by atoms with Gasteiger partial charge in [-0.25, -0.2) is 9.78 Å². The SMILES string of the molecule is CC(C)c1ccc2c(c1)CC[C@H]1[C@@](C)(Cn3c(-c4cccc(OCC(=O)O)c4)nc4cc(-c5cccc(CN6CCOCC6)c5)ccc43)CCC[C@]21C. The molecule has 276 valence electrons. The number of ether oxygens (including phenoxy) is 2. The maximum Gasteiger partial charge on any atom is 0.341 e. The molecule has 0 spiro atoms. The molecule has 3 atom stereocenters. The summed E-state index contributed by atoms with van der Waals surface area (Å²) >= 11 is 0. The van der Waals surface area contributed by atoms with E-state index in [0.29, 0.717) is 17.6 Å². The number of benzene rings is 4. The molecule has 7 nitrogen and oxygen atoms in total. The number of rotatable bonds is 10. The van der Waals surface area contributed by atoms with Crippen molar-refractivity contribution in [3.63, 3.8) is 0 Å². The zero-order valence-corrected chi connectivity index (χ0v) is 31.7. The largest absolute Gasteiger partial charge is 0.482 e. The van der Waals surface area contributed by atoms with Crippen LogP contribution in [-0.4, -0.2) is 58.4 Å². The highest BCUT2D eigenvalue weighted by Gasteiger charge is 2.52. The summed E-state index contributed by atoms with van der Waals surface area (Å²) < 4.78 is 13.7. The van der Waals surface area contributed by atoms with Crippen LogP contribution >= 0.6 is 0 Å². The number of hydrogen-bond acceptors (Lipinski definition) is 5. The van der Waals surface area contributed by atoms with Gasteiger partial charge in [0.2, 0.25) is 0 Å². The fourth-order valence-corrected chi connectivity index (χ4v) is 9.98. The van der Waals surface area contributed by atoms with Gasteiger partial charge < -0.3 is 19.1 Å². The summed E-state index contributed by atoms with van der Waals surface area (Å²) in [4.78, 5) is 19.2. The quantitative estimate of drug-likeness (QED) is 0.156. The minimum absolute atomic E-state index is 0.0493. The average molecular weight is 712 g/mol. The molecule has 0 bridgehead atoms. The zero-order valence-electron chi connectivity index (χ0n) is 31.7. The summed E-state index contributed by atoms with van der Waals surface area (Å²) in [5.41, 5.74) is 11.4. The van der Waals surface area contributed by atoms with Gasteiger partial charge in [0.15, 0.2) is 6.61 Å². The second-order valence-corrected chi connectivity index (χ2v) is 16.6. The molecule has 0 radical (unpaired) electrons. The Bertz CT molecular complexity index is 2130. The summed E-state index contributed by atoms with van der Waals surface area (Å²) in [5.74, 6) is 1.49. The van der Waals surface area contributed by atoms with Crippen LogP contribution in [0.25, 0.3) is 33.5 Å². The van der Waals surface area contributed by atoms with E-state index in [1.807, 2.05) is 18.2 Å². The molecule has 2 aliphatic carbocycles. The van der Waals surface area contributed by atoms with Crippen LogP contribution in [0.5, 0.6) is 5.75 Å². The minimum atomic E-state index is -0.994. The number of carboxylic acids is 1. The second kappa shape index (κ2) is 14.4. The van der Waals surface area contributed by atoms with Crippen LogP contribution in [0, 0.1) is 11.3 Å². The van der Waals surface area contributed by atoms with Gasteiger partial charge in [0.05, 0.1) is 24.2 Å². The number of hydrogen-bond donors (Lipinski definition) is 1. The fraction of sp³-hybridized carbons (Fsp3) is 0.435. The lowest BCUT2D eigenvalue weighted by Gasteiger charge is -2.56. The Morgan fingerprint density at radius 2 is 1.74 bits per heavy atom. The van der Waals surface area contributed by atoms with Crippen LogP contribution in [0.1, 0.15) is 81.5 Å². The van der Waals surface area contributed by atoms with E-state index in [9.17, 15) is 9.90 Å². The van der Waals surface area contributed by atoms with Crippen LogP contribution in [0.2, 0.25) is 0 Å². The number of aromatic nitrogens is 2. The molecule has 2 heterocycles. The van der Waals surface area contributed by atoms with E-state index in [2.05, 4.69) is 104 Å². The molecule has 0 unspecified atom stereocenters. The molecule has 1 saturated carbocycles. The van der Waals surface area contributed by atoms with E-state index < -0.39 is 5.97 Å². The highest BCUT2D eigenvalue weighted by Crippen LogP contribution is 2.58. The molecule has 1 saturated heterocycles. The number of carboxylic acid groups (broad SMARTS) is 1. The van der Waals surface area contributed by atoms with Crippen LogP contribution in [-0.2, 0) is 34.5 Å². The van der Waals surface area contributed by atoms with Crippen molar-refractivity contribution in [1.29, 1.82) is 0 Å². The third-order valence-electron chi connectivity index (χ3n) is 12.7. The highest BCUT2D eigenvalue weighted by molar-refractivity contribution is 5.86. The van der Waals surface area contributed by atoms with E-state index >= 15 is 0 Å². The van der Waals surface area contributed by atoms with Gasteiger partial charge in [-0.3, -0.25) is 4.90 Å². The smallest absolute Gasteiger partial charge is 0.341 e. The molecule has 0 amide bonds. The van der Waals surface area contributed by atoms with E-state index in [4.69, 9.17) is 14.5 Å². The Balaban J connectivity index is 1.18. The van der Waals surface area contributed by atoms with Crippen LogP contribution < -0.4 is 4.74 Å². The van der Waals surface area contributed by atoms with Crippen molar-refractivity contribution in [2.75, 3.05) is 32.9 Å². The average Bonchev–Trinajstić information content (AvgIpc) is 3.51. The van der Waals surface area contributed by atoms with Crippen molar-refractivity contribution in [2.24, 2.45) is 11.3 Å². The molecule has 4 aromatic carbocycles. The predicted molar refractivity (Wildman–Crippen MR) is 211 cm³/mol. The first kappa shape index (κ1) is 35.6. The molecular formula is C46H53N3O4. The summed E-state index contributed by atoms with van der Waals surface area (Å²) in [7, 11) is 0. The number of fused-ring (bicyclic) bond motifs is 4. The molecule has 5 aromatic rings.